The van der Waals surface area contributed by atoms with Gasteiger partial charge in [0.2, 0.25) is 11.8 Å². The molecule has 0 spiro atoms. The lowest BCUT2D eigenvalue weighted by Gasteiger charge is -2.28. The summed E-state index contributed by atoms with van der Waals surface area (Å²) in [6.45, 7) is 4.29. The summed E-state index contributed by atoms with van der Waals surface area (Å²) in [5.41, 5.74) is 2.68. The van der Waals surface area contributed by atoms with Gasteiger partial charge in [-0.2, -0.15) is 0 Å². The number of aryl methyl sites for hydroxylation is 1. The van der Waals surface area contributed by atoms with Crippen molar-refractivity contribution in [3.8, 4) is 0 Å². The van der Waals surface area contributed by atoms with Crippen molar-refractivity contribution in [3.05, 3.63) is 63.6 Å². The van der Waals surface area contributed by atoms with Crippen LogP contribution in [0.5, 0.6) is 0 Å². The molecule has 0 bridgehead atoms. The smallest absolute Gasteiger partial charge is 0.243 e. The number of hydrogen-bond acceptors (Lipinski definition) is 3. The molecule has 0 aliphatic carbocycles. The van der Waals surface area contributed by atoms with Gasteiger partial charge in [-0.05, 0) is 43.7 Å². The second kappa shape index (κ2) is 10.6. The average Bonchev–Trinajstić information content (AvgIpc) is 2.70. The second-order valence-corrected chi connectivity index (χ2v) is 7.84. The zero-order valence-electron chi connectivity index (χ0n) is 17.2. The van der Waals surface area contributed by atoms with Crippen LogP contribution in [0.1, 0.15) is 25.0 Å². The van der Waals surface area contributed by atoms with Crippen LogP contribution in [0.25, 0.3) is 0 Å². The molecule has 2 aromatic rings. The van der Waals surface area contributed by atoms with Crippen molar-refractivity contribution in [1.82, 2.24) is 9.80 Å². The van der Waals surface area contributed by atoms with E-state index in [4.69, 9.17) is 23.2 Å². The number of anilines is 1. The summed E-state index contributed by atoms with van der Waals surface area (Å²) in [5.74, 6) is -0.376. The Hall–Kier alpha value is -2.08. The molecule has 2 amide bonds. The van der Waals surface area contributed by atoms with Crippen LogP contribution >= 0.6 is 23.2 Å². The molecule has 0 saturated heterocycles. The fraction of sp³-hybridized carbons (Fsp3) is 0.364. The van der Waals surface area contributed by atoms with Gasteiger partial charge in [0.25, 0.3) is 0 Å². The molecule has 0 saturated carbocycles. The van der Waals surface area contributed by atoms with Crippen molar-refractivity contribution < 1.29 is 9.59 Å². The quantitative estimate of drug-likeness (QED) is 0.664. The largest absolute Gasteiger partial charge is 0.335 e. The minimum atomic E-state index is -0.425. The average molecular weight is 436 g/mol. The highest BCUT2D eigenvalue weighted by atomic mass is 35.5. The van der Waals surface area contributed by atoms with E-state index in [0.29, 0.717) is 16.6 Å². The molecule has 0 aliphatic rings. The van der Waals surface area contributed by atoms with Gasteiger partial charge in [0.1, 0.15) is 0 Å². The van der Waals surface area contributed by atoms with Crippen LogP contribution in [0.4, 0.5) is 5.69 Å². The normalized spacial score (nSPS) is 12.0. The van der Waals surface area contributed by atoms with Gasteiger partial charge in [-0.1, -0.05) is 60.5 Å². The Labute approximate surface area is 182 Å². The molecule has 1 N–H and O–H groups in total. The lowest BCUT2D eigenvalue weighted by molar-refractivity contribution is -0.137. The maximum absolute atomic E-state index is 12.8. The van der Waals surface area contributed by atoms with Crippen LogP contribution < -0.4 is 5.32 Å². The molecule has 2 aromatic carbocycles. The first kappa shape index (κ1) is 23.2. The number of nitrogens with zero attached hydrogens (tertiary/aromatic N) is 2. The molecular weight excluding hydrogens is 409 g/mol. The second-order valence-electron chi connectivity index (χ2n) is 7.06. The molecule has 7 heteroatoms. The summed E-state index contributed by atoms with van der Waals surface area (Å²) in [6.07, 6.45) is 0.819. The topological polar surface area (TPSA) is 52.7 Å². The fourth-order valence-corrected chi connectivity index (χ4v) is 3.40. The number of carbonyl (C=O) groups is 2. The molecule has 29 heavy (non-hydrogen) atoms. The summed E-state index contributed by atoms with van der Waals surface area (Å²) in [7, 11) is 3.47. The monoisotopic (exact) mass is 435 g/mol. The van der Waals surface area contributed by atoms with E-state index in [1.165, 1.54) is 4.90 Å². The SMILES string of the molecule is CCc1ccccc1NC(=O)CN(C)C(=O)C(C)N(C)Cc1cccc(Cl)c1Cl. The molecule has 156 valence electrons. The van der Waals surface area contributed by atoms with E-state index < -0.39 is 6.04 Å². The van der Waals surface area contributed by atoms with E-state index in [-0.39, 0.29) is 18.4 Å². The predicted molar refractivity (Wildman–Crippen MR) is 119 cm³/mol. The van der Waals surface area contributed by atoms with E-state index in [0.717, 1.165) is 23.2 Å². The number of rotatable bonds is 8. The van der Waals surface area contributed by atoms with Gasteiger partial charge in [0.15, 0.2) is 0 Å². The van der Waals surface area contributed by atoms with Crippen molar-refractivity contribution >= 4 is 40.7 Å². The Bertz CT molecular complexity index is 873. The highest BCUT2D eigenvalue weighted by Crippen LogP contribution is 2.26. The van der Waals surface area contributed by atoms with Gasteiger partial charge in [0.05, 0.1) is 22.6 Å². The van der Waals surface area contributed by atoms with E-state index in [9.17, 15) is 9.59 Å². The van der Waals surface area contributed by atoms with Gasteiger partial charge >= 0.3 is 0 Å². The lowest BCUT2D eigenvalue weighted by Crippen LogP contribution is -2.46. The van der Waals surface area contributed by atoms with Crippen molar-refractivity contribution in [3.63, 3.8) is 0 Å². The first-order valence-corrected chi connectivity index (χ1v) is 10.3. The molecule has 5 nitrogen and oxygen atoms in total. The van der Waals surface area contributed by atoms with Gasteiger partial charge in [-0.25, -0.2) is 0 Å². The molecule has 0 heterocycles. The molecule has 0 aliphatic heterocycles. The number of halogens is 2. The van der Waals surface area contributed by atoms with Crippen LogP contribution in [0.15, 0.2) is 42.5 Å². The van der Waals surface area contributed by atoms with Crippen LogP contribution in [0.3, 0.4) is 0 Å². The molecule has 1 unspecified atom stereocenters. The fourth-order valence-electron chi connectivity index (χ4n) is 3.02. The van der Waals surface area contributed by atoms with Crippen molar-refractivity contribution in [1.29, 1.82) is 0 Å². The number of hydrogen-bond donors (Lipinski definition) is 1. The number of likely N-dealkylation sites (N-methyl/N-ethyl adjacent to an activating group) is 2. The Morgan fingerprint density at radius 1 is 1.03 bits per heavy atom. The molecule has 2 rings (SSSR count). The van der Waals surface area contributed by atoms with Crippen molar-refractivity contribution in [2.24, 2.45) is 0 Å². The highest BCUT2D eigenvalue weighted by molar-refractivity contribution is 6.42. The number of amides is 2. The number of benzene rings is 2. The Morgan fingerprint density at radius 3 is 2.38 bits per heavy atom. The van der Waals surface area contributed by atoms with Crippen LogP contribution in [0, 0.1) is 0 Å². The zero-order valence-corrected chi connectivity index (χ0v) is 18.7. The van der Waals surface area contributed by atoms with Crippen molar-refractivity contribution in [2.45, 2.75) is 32.9 Å². The number of nitrogens with one attached hydrogen (secondary N) is 1. The zero-order chi connectivity index (χ0) is 21.6. The van der Waals surface area contributed by atoms with E-state index in [1.807, 2.05) is 62.2 Å². The molecule has 0 aromatic heterocycles. The first-order valence-electron chi connectivity index (χ1n) is 9.50. The minimum absolute atomic E-state index is 0.0208. The van der Waals surface area contributed by atoms with Crippen LogP contribution in [-0.4, -0.2) is 48.3 Å². The summed E-state index contributed by atoms with van der Waals surface area (Å²) < 4.78 is 0. The summed E-state index contributed by atoms with van der Waals surface area (Å²) >= 11 is 12.3. The van der Waals surface area contributed by atoms with Crippen molar-refractivity contribution in [2.75, 3.05) is 26.0 Å². The summed E-state index contributed by atoms with van der Waals surface area (Å²) in [4.78, 5) is 28.5. The van der Waals surface area contributed by atoms with Gasteiger partial charge in [0, 0.05) is 19.3 Å². The number of carbonyl (C=O) groups excluding carboxylic acids is 2. The standard InChI is InChI=1S/C22H27Cl2N3O2/c1-5-16-9-6-7-12-19(16)25-20(28)14-27(4)22(29)15(2)26(3)13-17-10-8-11-18(23)21(17)24/h6-12,15H,5,13-14H2,1-4H3,(H,25,28). The molecule has 0 fully saturated rings. The molecule has 0 radical (unpaired) electrons. The third-order valence-electron chi connectivity index (χ3n) is 4.90. The predicted octanol–water partition coefficient (Wildman–Crippen LogP) is 4.47. The summed E-state index contributed by atoms with van der Waals surface area (Å²) in [6, 6.07) is 12.7. The lowest BCUT2D eigenvalue weighted by atomic mass is 10.1. The van der Waals surface area contributed by atoms with E-state index >= 15 is 0 Å². The van der Waals surface area contributed by atoms with Gasteiger partial charge < -0.3 is 10.2 Å². The third-order valence-corrected chi connectivity index (χ3v) is 5.76. The van der Waals surface area contributed by atoms with Crippen LogP contribution in [0.2, 0.25) is 10.0 Å². The van der Waals surface area contributed by atoms with Gasteiger partial charge in [-0.3, -0.25) is 14.5 Å². The Morgan fingerprint density at radius 2 is 1.69 bits per heavy atom. The Kier molecular flexibility index (Phi) is 8.50. The maximum Gasteiger partial charge on any atom is 0.243 e. The Balaban J connectivity index is 1.95. The highest BCUT2D eigenvalue weighted by Gasteiger charge is 2.24. The van der Waals surface area contributed by atoms with E-state index in [1.54, 1.807) is 13.1 Å². The minimum Gasteiger partial charge on any atom is -0.335 e. The first-order chi connectivity index (χ1) is 13.7. The summed E-state index contributed by atoms with van der Waals surface area (Å²) in [5, 5.41) is 3.86. The molecule has 1 atom stereocenters. The number of para-hydroxylation sites is 1. The van der Waals surface area contributed by atoms with E-state index in [2.05, 4.69) is 5.32 Å². The maximum atomic E-state index is 12.8. The van der Waals surface area contributed by atoms with Crippen LogP contribution in [-0.2, 0) is 22.6 Å². The third kappa shape index (κ3) is 6.20. The van der Waals surface area contributed by atoms with Gasteiger partial charge in [-0.15, -0.1) is 0 Å². The molecular formula is C22H27Cl2N3O2.